The summed E-state index contributed by atoms with van der Waals surface area (Å²) in [6, 6.07) is 3.93. The lowest BCUT2D eigenvalue weighted by Crippen LogP contribution is -2.05. The third-order valence-corrected chi connectivity index (χ3v) is 2.79. The highest BCUT2D eigenvalue weighted by Gasteiger charge is 2.09. The predicted octanol–water partition coefficient (Wildman–Crippen LogP) is 2.66. The van der Waals surface area contributed by atoms with Crippen molar-refractivity contribution in [1.82, 2.24) is 0 Å². The van der Waals surface area contributed by atoms with Gasteiger partial charge in [-0.3, -0.25) is 0 Å². The Balaban J connectivity index is 3.23. The van der Waals surface area contributed by atoms with Crippen LogP contribution in [0.15, 0.2) is 12.1 Å². The average molecular weight is 244 g/mol. The van der Waals surface area contributed by atoms with Gasteiger partial charge >= 0.3 is 0 Å². The molecule has 0 heterocycles. The van der Waals surface area contributed by atoms with Gasteiger partial charge in [0.2, 0.25) is 0 Å². The summed E-state index contributed by atoms with van der Waals surface area (Å²) in [5.41, 5.74) is 9.19. The van der Waals surface area contributed by atoms with Crippen molar-refractivity contribution in [1.29, 1.82) is 0 Å². The van der Waals surface area contributed by atoms with Crippen molar-refractivity contribution in [3.63, 3.8) is 0 Å². The topological polar surface area (TPSA) is 35.2 Å². The molecule has 72 valence electrons. The van der Waals surface area contributed by atoms with E-state index in [0.29, 0.717) is 0 Å². The van der Waals surface area contributed by atoms with Crippen LogP contribution in [0, 0.1) is 13.8 Å². The lowest BCUT2D eigenvalue weighted by molar-refractivity contribution is 0.411. The highest BCUT2D eigenvalue weighted by atomic mass is 79.9. The Morgan fingerprint density at radius 1 is 1.31 bits per heavy atom. The van der Waals surface area contributed by atoms with Gasteiger partial charge in [-0.15, -0.1) is 0 Å². The van der Waals surface area contributed by atoms with Crippen LogP contribution in [0.25, 0.3) is 0 Å². The van der Waals surface area contributed by atoms with E-state index >= 15 is 0 Å². The molecule has 0 spiro atoms. The van der Waals surface area contributed by atoms with E-state index in [2.05, 4.69) is 15.9 Å². The lowest BCUT2D eigenvalue weighted by Gasteiger charge is -2.13. The fourth-order valence-electron chi connectivity index (χ4n) is 1.34. The van der Waals surface area contributed by atoms with Gasteiger partial charge in [-0.25, -0.2) is 0 Å². The van der Waals surface area contributed by atoms with Crippen LogP contribution >= 0.6 is 15.9 Å². The number of hydrogen-bond donors (Lipinski definition) is 1. The fraction of sp³-hybridized carbons (Fsp3) is 0.400. The monoisotopic (exact) mass is 243 g/mol. The largest absolute Gasteiger partial charge is 0.496 e. The standard InChI is InChI=1S/C10H14BrNO/c1-6-7(2)9(13-3)5-4-8(6)10(11)12/h4-5,10H,12H2,1-3H3. The molecule has 2 nitrogen and oxygen atoms in total. The first-order valence-electron chi connectivity index (χ1n) is 4.11. The summed E-state index contributed by atoms with van der Waals surface area (Å²) in [6.07, 6.45) is 0. The summed E-state index contributed by atoms with van der Waals surface area (Å²) in [7, 11) is 1.68. The Bertz CT molecular complexity index is 310. The first-order chi connectivity index (χ1) is 6.07. The van der Waals surface area contributed by atoms with Gasteiger partial charge in [0.1, 0.15) is 5.75 Å². The maximum Gasteiger partial charge on any atom is 0.122 e. The number of hydrogen-bond acceptors (Lipinski definition) is 2. The molecule has 1 rings (SSSR count). The number of rotatable bonds is 2. The molecule has 0 fully saturated rings. The summed E-state index contributed by atoms with van der Waals surface area (Å²) in [4.78, 5) is -0.0999. The van der Waals surface area contributed by atoms with Gasteiger partial charge in [0.05, 0.1) is 12.1 Å². The van der Waals surface area contributed by atoms with Crippen molar-refractivity contribution in [3.05, 3.63) is 28.8 Å². The molecule has 1 atom stereocenters. The van der Waals surface area contributed by atoms with Crippen LogP contribution < -0.4 is 10.5 Å². The third kappa shape index (κ3) is 2.03. The first kappa shape index (κ1) is 10.5. The molecule has 0 bridgehead atoms. The van der Waals surface area contributed by atoms with Crippen molar-refractivity contribution in [2.45, 2.75) is 18.8 Å². The van der Waals surface area contributed by atoms with Crippen molar-refractivity contribution >= 4 is 15.9 Å². The molecule has 0 saturated carbocycles. The quantitative estimate of drug-likeness (QED) is 0.641. The van der Waals surface area contributed by atoms with Crippen LogP contribution in [-0.2, 0) is 0 Å². The molecule has 0 aromatic heterocycles. The zero-order valence-corrected chi connectivity index (χ0v) is 9.68. The van der Waals surface area contributed by atoms with E-state index in [1.807, 2.05) is 26.0 Å². The van der Waals surface area contributed by atoms with E-state index in [-0.39, 0.29) is 4.95 Å². The Morgan fingerprint density at radius 3 is 2.38 bits per heavy atom. The molecule has 3 heteroatoms. The van der Waals surface area contributed by atoms with E-state index in [0.717, 1.165) is 16.9 Å². The van der Waals surface area contributed by atoms with Gasteiger partial charge in [-0.05, 0) is 36.6 Å². The smallest absolute Gasteiger partial charge is 0.122 e. The number of methoxy groups -OCH3 is 1. The molecular formula is C10H14BrNO. The van der Waals surface area contributed by atoms with Crippen molar-refractivity contribution in [2.24, 2.45) is 5.73 Å². The fourth-order valence-corrected chi connectivity index (χ4v) is 1.83. The minimum atomic E-state index is -0.0999. The number of halogens is 1. The molecule has 1 aromatic rings. The summed E-state index contributed by atoms with van der Waals surface area (Å²) in [5, 5.41) is 0. The van der Waals surface area contributed by atoms with E-state index in [1.54, 1.807) is 7.11 Å². The molecule has 13 heavy (non-hydrogen) atoms. The summed E-state index contributed by atoms with van der Waals surface area (Å²) in [6.45, 7) is 4.08. The average Bonchev–Trinajstić information content (AvgIpc) is 2.09. The van der Waals surface area contributed by atoms with Gasteiger partial charge in [0.25, 0.3) is 0 Å². The van der Waals surface area contributed by atoms with E-state index in [9.17, 15) is 0 Å². The predicted molar refractivity (Wildman–Crippen MR) is 58.3 cm³/mol. The maximum atomic E-state index is 5.75. The second-order valence-electron chi connectivity index (χ2n) is 3.01. The van der Waals surface area contributed by atoms with Crippen molar-refractivity contribution < 1.29 is 4.74 Å². The summed E-state index contributed by atoms with van der Waals surface area (Å²) >= 11 is 3.35. The molecular weight excluding hydrogens is 230 g/mol. The van der Waals surface area contributed by atoms with Gasteiger partial charge in [-0.2, -0.15) is 0 Å². The molecule has 0 amide bonds. The molecule has 2 N–H and O–H groups in total. The Kier molecular flexibility index (Phi) is 3.33. The maximum absolute atomic E-state index is 5.75. The number of benzene rings is 1. The Labute approximate surface area is 87.2 Å². The molecule has 0 aliphatic carbocycles. The van der Waals surface area contributed by atoms with Gasteiger partial charge in [0, 0.05) is 0 Å². The van der Waals surface area contributed by atoms with Crippen molar-refractivity contribution in [3.8, 4) is 5.75 Å². The van der Waals surface area contributed by atoms with E-state index < -0.39 is 0 Å². The highest BCUT2D eigenvalue weighted by Crippen LogP contribution is 2.28. The molecule has 1 unspecified atom stereocenters. The van der Waals surface area contributed by atoms with E-state index in [1.165, 1.54) is 5.56 Å². The zero-order valence-electron chi connectivity index (χ0n) is 8.10. The van der Waals surface area contributed by atoms with Crippen LogP contribution in [0.4, 0.5) is 0 Å². The normalized spacial score (nSPS) is 12.7. The van der Waals surface area contributed by atoms with Crippen LogP contribution in [0.1, 0.15) is 21.6 Å². The lowest BCUT2D eigenvalue weighted by atomic mass is 10.0. The minimum Gasteiger partial charge on any atom is -0.496 e. The molecule has 0 saturated heterocycles. The summed E-state index contributed by atoms with van der Waals surface area (Å²) in [5.74, 6) is 0.911. The minimum absolute atomic E-state index is 0.0999. The van der Waals surface area contributed by atoms with E-state index in [4.69, 9.17) is 10.5 Å². The summed E-state index contributed by atoms with van der Waals surface area (Å²) < 4.78 is 5.20. The Morgan fingerprint density at radius 2 is 1.92 bits per heavy atom. The number of ether oxygens (including phenoxy) is 1. The van der Waals surface area contributed by atoms with Crippen LogP contribution in [0.5, 0.6) is 5.75 Å². The van der Waals surface area contributed by atoms with Gasteiger partial charge in [0.15, 0.2) is 0 Å². The number of alkyl halides is 1. The molecule has 0 radical (unpaired) electrons. The second-order valence-corrected chi connectivity index (χ2v) is 4.00. The second kappa shape index (κ2) is 4.11. The zero-order chi connectivity index (χ0) is 10.0. The molecule has 0 aliphatic rings. The van der Waals surface area contributed by atoms with Gasteiger partial charge in [-0.1, -0.05) is 22.0 Å². The SMILES string of the molecule is COc1ccc(C(N)Br)c(C)c1C. The number of nitrogens with two attached hydrogens (primary N) is 1. The van der Waals surface area contributed by atoms with Crippen molar-refractivity contribution in [2.75, 3.05) is 7.11 Å². The third-order valence-electron chi connectivity index (χ3n) is 2.30. The highest BCUT2D eigenvalue weighted by molar-refractivity contribution is 9.09. The van der Waals surface area contributed by atoms with Crippen LogP contribution in [0.3, 0.4) is 0 Å². The molecule has 0 aliphatic heterocycles. The Hall–Kier alpha value is -0.540. The van der Waals surface area contributed by atoms with Gasteiger partial charge < -0.3 is 10.5 Å². The van der Waals surface area contributed by atoms with Crippen LogP contribution in [0.2, 0.25) is 0 Å². The molecule has 1 aromatic carbocycles. The van der Waals surface area contributed by atoms with Crippen LogP contribution in [-0.4, -0.2) is 7.11 Å². The first-order valence-corrected chi connectivity index (χ1v) is 5.03.